The third-order valence-corrected chi connectivity index (χ3v) is 8.62. The minimum absolute atomic E-state index is 0.0259. The lowest BCUT2D eigenvalue weighted by Gasteiger charge is -2.35. The van der Waals surface area contributed by atoms with Crippen LogP contribution in [0.1, 0.15) is 26.7 Å². The zero-order valence-corrected chi connectivity index (χ0v) is 26.2. The van der Waals surface area contributed by atoms with Crippen LogP contribution in [-0.4, -0.2) is 94.9 Å². The molecule has 2 fully saturated rings. The van der Waals surface area contributed by atoms with E-state index in [1.165, 1.54) is 30.0 Å². The molecule has 0 aliphatic carbocycles. The molecule has 0 bridgehead atoms. The van der Waals surface area contributed by atoms with Gasteiger partial charge in [0.05, 0.1) is 24.1 Å². The normalized spacial score (nSPS) is 19.2. The molecule has 2 aliphatic rings. The number of benzene rings is 1. The second-order valence-electron chi connectivity index (χ2n) is 11.2. The van der Waals surface area contributed by atoms with Gasteiger partial charge in [-0.25, -0.2) is 9.37 Å². The number of aromatic nitrogens is 3. The van der Waals surface area contributed by atoms with Crippen LogP contribution in [0.15, 0.2) is 47.6 Å². The van der Waals surface area contributed by atoms with Gasteiger partial charge in [0.25, 0.3) is 0 Å². The zero-order valence-electron chi connectivity index (χ0n) is 24.6. The van der Waals surface area contributed by atoms with E-state index >= 15 is 0 Å². The van der Waals surface area contributed by atoms with Crippen molar-refractivity contribution in [1.82, 2.24) is 25.0 Å². The topological polar surface area (TPSA) is 105 Å². The average Bonchev–Trinajstić information content (AvgIpc) is 2.97. The molecule has 4 heterocycles. The Bertz CT molecular complexity index is 1420. The molecule has 0 saturated carbocycles. The van der Waals surface area contributed by atoms with Gasteiger partial charge in [0, 0.05) is 73.4 Å². The molecular weight excluding hydrogens is 593 g/mol. The number of hydrogen-bond acceptors (Lipinski definition) is 10. The van der Waals surface area contributed by atoms with Crippen molar-refractivity contribution in [2.45, 2.75) is 43.6 Å². The molecule has 10 nitrogen and oxygen atoms in total. The highest BCUT2D eigenvalue weighted by atomic mass is 35.5. The summed E-state index contributed by atoms with van der Waals surface area (Å²) >= 11 is 7.64. The number of hydrogen-bond donors (Lipinski definition) is 2. The maximum absolute atomic E-state index is 14.7. The van der Waals surface area contributed by atoms with Crippen molar-refractivity contribution >= 4 is 46.5 Å². The number of amides is 1. The van der Waals surface area contributed by atoms with Crippen LogP contribution < -0.4 is 10.6 Å². The van der Waals surface area contributed by atoms with E-state index in [1.807, 2.05) is 13.8 Å². The number of carbonyl (C=O) groups is 1. The van der Waals surface area contributed by atoms with Gasteiger partial charge in [-0.3, -0.25) is 4.79 Å². The predicted molar refractivity (Wildman–Crippen MR) is 167 cm³/mol. The van der Waals surface area contributed by atoms with Crippen molar-refractivity contribution < 1.29 is 18.7 Å². The summed E-state index contributed by atoms with van der Waals surface area (Å²) < 4.78 is 26.4. The van der Waals surface area contributed by atoms with E-state index in [0.29, 0.717) is 58.3 Å². The number of thioether (sulfide) groups is 1. The van der Waals surface area contributed by atoms with Crippen molar-refractivity contribution in [2.24, 2.45) is 0 Å². The molecule has 230 valence electrons. The number of halogens is 2. The van der Waals surface area contributed by atoms with Crippen LogP contribution in [0.3, 0.4) is 0 Å². The number of piperazine rings is 1. The Morgan fingerprint density at radius 2 is 1.98 bits per heavy atom. The van der Waals surface area contributed by atoms with Crippen molar-refractivity contribution in [1.29, 1.82) is 0 Å². The fourth-order valence-electron chi connectivity index (χ4n) is 4.89. The number of rotatable bonds is 10. The molecule has 5 rings (SSSR count). The number of nitrogens with one attached hydrogen (secondary N) is 2. The van der Waals surface area contributed by atoms with Crippen LogP contribution in [0.2, 0.25) is 5.02 Å². The van der Waals surface area contributed by atoms with Gasteiger partial charge in [0.2, 0.25) is 5.91 Å². The second-order valence-corrected chi connectivity index (χ2v) is 12.6. The van der Waals surface area contributed by atoms with Crippen LogP contribution in [0.25, 0.3) is 11.3 Å². The van der Waals surface area contributed by atoms with Gasteiger partial charge in [-0.15, -0.1) is 10.2 Å². The maximum Gasteiger partial charge on any atom is 0.226 e. The van der Waals surface area contributed by atoms with Gasteiger partial charge in [-0.05, 0) is 57.6 Å². The summed E-state index contributed by atoms with van der Waals surface area (Å²) in [6.07, 6.45) is 2.75. The Morgan fingerprint density at radius 1 is 1.16 bits per heavy atom. The van der Waals surface area contributed by atoms with Gasteiger partial charge < -0.3 is 29.9 Å². The molecule has 1 amide bonds. The summed E-state index contributed by atoms with van der Waals surface area (Å²) in [4.78, 5) is 21.6. The molecule has 1 unspecified atom stereocenters. The summed E-state index contributed by atoms with van der Waals surface area (Å²) in [5.74, 6) is -0.126. The van der Waals surface area contributed by atoms with Crippen molar-refractivity contribution in [3.63, 3.8) is 0 Å². The van der Waals surface area contributed by atoms with Gasteiger partial charge in [0.15, 0.2) is 5.79 Å². The number of carbonyl (C=O) groups excluding carboxylic acids is 1. The first-order valence-corrected chi connectivity index (χ1v) is 15.7. The van der Waals surface area contributed by atoms with Gasteiger partial charge in [0.1, 0.15) is 16.7 Å². The highest BCUT2D eigenvalue weighted by molar-refractivity contribution is 7.99. The Labute approximate surface area is 260 Å². The number of likely N-dealkylation sites (N-methyl/N-ethyl adjacent to an activating group) is 1. The van der Waals surface area contributed by atoms with Crippen LogP contribution >= 0.6 is 23.4 Å². The first kappa shape index (κ1) is 31.6. The quantitative estimate of drug-likeness (QED) is 0.288. The molecular formula is C30H37ClFN7O3S. The molecule has 1 aromatic carbocycles. The van der Waals surface area contributed by atoms with E-state index < -0.39 is 11.6 Å². The van der Waals surface area contributed by atoms with Gasteiger partial charge in [-0.2, -0.15) is 0 Å². The number of ether oxygens (including phenoxy) is 2. The largest absolute Gasteiger partial charge is 0.353 e. The van der Waals surface area contributed by atoms with E-state index in [9.17, 15) is 9.18 Å². The van der Waals surface area contributed by atoms with Crippen LogP contribution in [-0.2, 0) is 14.3 Å². The van der Waals surface area contributed by atoms with Crippen LogP contribution in [0.5, 0.6) is 0 Å². The minimum atomic E-state index is -0.646. The van der Waals surface area contributed by atoms with Crippen molar-refractivity contribution in [2.75, 3.05) is 62.8 Å². The molecule has 2 aromatic heterocycles. The van der Waals surface area contributed by atoms with Gasteiger partial charge >= 0.3 is 0 Å². The predicted octanol–water partition coefficient (Wildman–Crippen LogP) is 5.28. The summed E-state index contributed by atoms with van der Waals surface area (Å²) in [5.41, 5.74) is 1.89. The lowest BCUT2D eigenvalue weighted by atomic mass is 10.1. The maximum atomic E-state index is 14.7. The first-order chi connectivity index (χ1) is 20.6. The van der Waals surface area contributed by atoms with E-state index in [-0.39, 0.29) is 17.6 Å². The summed E-state index contributed by atoms with van der Waals surface area (Å²) in [6, 6.07) is 9.61. The van der Waals surface area contributed by atoms with E-state index in [0.717, 1.165) is 32.6 Å². The third-order valence-electron chi connectivity index (χ3n) is 7.27. The smallest absolute Gasteiger partial charge is 0.226 e. The summed E-state index contributed by atoms with van der Waals surface area (Å²) in [7, 11) is 2.11. The molecule has 1 atom stereocenters. The number of nitrogens with zero attached hydrogens (tertiary/aromatic N) is 5. The molecule has 43 heavy (non-hydrogen) atoms. The van der Waals surface area contributed by atoms with Crippen LogP contribution in [0, 0.1) is 5.82 Å². The fourth-order valence-corrected chi connectivity index (χ4v) is 6.00. The minimum Gasteiger partial charge on any atom is -0.353 e. The van der Waals surface area contributed by atoms with E-state index in [1.54, 1.807) is 24.4 Å². The van der Waals surface area contributed by atoms with Crippen molar-refractivity contribution in [3.8, 4) is 11.3 Å². The summed E-state index contributed by atoms with van der Waals surface area (Å²) in [6.45, 7) is 9.05. The molecule has 2 aliphatic heterocycles. The zero-order chi connectivity index (χ0) is 30.4. The Morgan fingerprint density at radius 3 is 2.77 bits per heavy atom. The third kappa shape index (κ3) is 9.07. The van der Waals surface area contributed by atoms with Crippen molar-refractivity contribution in [3.05, 3.63) is 53.4 Å². The highest BCUT2D eigenvalue weighted by Gasteiger charge is 2.29. The standard InChI is InChI=1S/C30H37ClFN7O3S/c1-30(2)41-15-8-22(42-30)19-43-29-26(18-25(36-37-29)23-16-20(31)4-5-24(23)32)34-21-6-9-33-27(17-21)35-28(40)7-10-39-13-11-38(3)12-14-39/h4-6,9,16-18,22H,7-8,10-15,19H2,1-3H3,(H2,33,34,35,36,40). The fraction of sp³-hybridized carbons (Fsp3) is 0.467. The van der Waals surface area contributed by atoms with Gasteiger partial charge in [-0.1, -0.05) is 23.4 Å². The van der Waals surface area contributed by atoms with Crippen LogP contribution in [0.4, 0.5) is 21.6 Å². The lowest BCUT2D eigenvalue weighted by Crippen LogP contribution is -2.45. The molecule has 0 spiro atoms. The Balaban J connectivity index is 1.31. The monoisotopic (exact) mass is 629 g/mol. The second kappa shape index (κ2) is 14.3. The van der Waals surface area contributed by atoms with E-state index in [4.69, 9.17) is 21.1 Å². The Kier molecular flexibility index (Phi) is 10.5. The summed E-state index contributed by atoms with van der Waals surface area (Å²) in [5, 5.41) is 16.1. The highest BCUT2D eigenvalue weighted by Crippen LogP contribution is 2.34. The lowest BCUT2D eigenvalue weighted by molar-refractivity contribution is -0.267. The molecule has 2 N–H and O–H groups in total. The molecule has 2 saturated heterocycles. The molecule has 3 aromatic rings. The average molecular weight is 630 g/mol. The Hall–Kier alpha value is -2.87. The van der Waals surface area contributed by atoms with E-state index in [2.05, 4.69) is 42.7 Å². The SMILES string of the molecule is CN1CCN(CCC(=O)Nc2cc(Nc3cc(-c4cc(Cl)ccc4F)nnc3SCC3CCOC(C)(C)O3)ccn2)CC1. The number of anilines is 3. The molecule has 13 heteroatoms. The first-order valence-electron chi connectivity index (χ1n) is 14.3. The molecule has 0 radical (unpaired) electrons. The number of pyridine rings is 1.